The normalized spacial score (nSPS) is 14.4. The van der Waals surface area contributed by atoms with Gasteiger partial charge in [-0.05, 0) is 31.2 Å². The number of anilines is 1. The van der Waals surface area contributed by atoms with Crippen LogP contribution in [0.15, 0.2) is 53.9 Å². The van der Waals surface area contributed by atoms with E-state index in [9.17, 15) is 9.18 Å². The number of rotatable bonds is 3. The van der Waals surface area contributed by atoms with Crippen LogP contribution in [0, 0.1) is 12.7 Å². The molecule has 27 heavy (non-hydrogen) atoms. The van der Waals surface area contributed by atoms with E-state index in [-0.39, 0.29) is 11.7 Å². The molecule has 2 heterocycles. The smallest absolute Gasteiger partial charge is 0.253 e. The summed E-state index contributed by atoms with van der Waals surface area (Å²) in [6.07, 6.45) is 0. The fourth-order valence-electron chi connectivity index (χ4n) is 3.32. The molecule has 4 nitrogen and oxygen atoms in total. The Balaban J connectivity index is 1.41. The molecule has 1 amide bonds. The first-order chi connectivity index (χ1) is 13.1. The van der Waals surface area contributed by atoms with E-state index < -0.39 is 0 Å². The third-order valence-electron chi connectivity index (χ3n) is 4.81. The predicted octanol–water partition coefficient (Wildman–Crippen LogP) is 4.22. The van der Waals surface area contributed by atoms with Crippen molar-refractivity contribution in [1.82, 2.24) is 9.88 Å². The highest BCUT2D eigenvalue weighted by molar-refractivity contribution is 7.09. The molecule has 4 rings (SSSR count). The van der Waals surface area contributed by atoms with Crippen molar-refractivity contribution >= 4 is 22.9 Å². The second-order valence-electron chi connectivity index (χ2n) is 6.56. The van der Waals surface area contributed by atoms with Crippen molar-refractivity contribution < 1.29 is 9.18 Å². The Labute approximate surface area is 161 Å². The molecular formula is C21H20FN3OS. The largest absolute Gasteiger partial charge is 0.366 e. The molecule has 2 aromatic carbocycles. The Kier molecular flexibility index (Phi) is 4.90. The molecule has 0 radical (unpaired) electrons. The predicted molar refractivity (Wildman–Crippen MR) is 107 cm³/mol. The summed E-state index contributed by atoms with van der Waals surface area (Å²) in [7, 11) is 0. The quantitative estimate of drug-likeness (QED) is 0.682. The summed E-state index contributed by atoms with van der Waals surface area (Å²) in [6.45, 7) is 4.40. The third kappa shape index (κ3) is 3.71. The standard InChI is InChI=1S/C21H20FN3OS/c1-15-23-19(14-27-15)16-6-8-17(9-7-16)21(26)25-12-10-24(11-13-25)20-5-3-2-4-18(20)22/h2-9,14H,10-13H2,1H3. The number of benzene rings is 2. The van der Waals surface area contributed by atoms with E-state index in [1.165, 1.54) is 6.07 Å². The number of amides is 1. The van der Waals surface area contributed by atoms with E-state index in [4.69, 9.17) is 0 Å². The topological polar surface area (TPSA) is 36.4 Å². The molecule has 0 bridgehead atoms. The van der Waals surface area contributed by atoms with Crippen LogP contribution in [0.1, 0.15) is 15.4 Å². The maximum Gasteiger partial charge on any atom is 0.253 e. The first kappa shape index (κ1) is 17.7. The lowest BCUT2D eigenvalue weighted by Crippen LogP contribution is -2.49. The van der Waals surface area contributed by atoms with E-state index in [2.05, 4.69) is 4.98 Å². The van der Waals surface area contributed by atoms with Crippen molar-refractivity contribution in [2.75, 3.05) is 31.1 Å². The van der Waals surface area contributed by atoms with E-state index >= 15 is 0 Å². The van der Waals surface area contributed by atoms with Crippen LogP contribution in [0.25, 0.3) is 11.3 Å². The summed E-state index contributed by atoms with van der Waals surface area (Å²) >= 11 is 1.61. The van der Waals surface area contributed by atoms with E-state index in [1.807, 2.05) is 52.4 Å². The number of hydrogen-bond acceptors (Lipinski definition) is 4. The summed E-state index contributed by atoms with van der Waals surface area (Å²) in [6, 6.07) is 14.4. The minimum atomic E-state index is -0.217. The van der Waals surface area contributed by atoms with Crippen LogP contribution in [-0.2, 0) is 0 Å². The van der Waals surface area contributed by atoms with Gasteiger partial charge in [0, 0.05) is 42.7 Å². The van der Waals surface area contributed by atoms with Gasteiger partial charge < -0.3 is 9.80 Å². The Morgan fingerprint density at radius 2 is 1.74 bits per heavy atom. The summed E-state index contributed by atoms with van der Waals surface area (Å²) < 4.78 is 13.9. The Bertz CT molecular complexity index is 946. The second kappa shape index (κ2) is 7.48. The number of thiazole rings is 1. The van der Waals surface area contributed by atoms with E-state index in [0.29, 0.717) is 37.4 Å². The Morgan fingerprint density at radius 1 is 1.04 bits per heavy atom. The number of carbonyl (C=O) groups excluding carboxylic acids is 1. The molecule has 0 saturated carbocycles. The Hall–Kier alpha value is -2.73. The number of aromatic nitrogens is 1. The molecule has 1 aliphatic rings. The van der Waals surface area contributed by atoms with Gasteiger partial charge in [-0.15, -0.1) is 11.3 Å². The second-order valence-corrected chi connectivity index (χ2v) is 7.62. The molecule has 0 spiro atoms. The molecule has 1 saturated heterocycles. The summed E-state index contributed by atoms with van der Waals surface area (Å²) in [5.41, 5.74) is 3.23. The molecule has 0 aliphatic carbocycles. The molecule has 0 unspecified atom stereocenters. The highest BCUT2D eigenvalue weighted by Crippen LogP contribution is 2.23. The Morgan fingerprint density at radius 3 is 2.37 bits per heavy atom. The van der Waals surface area contributed by atoms with Crippen molar-refractivity contribution in [3.05, 3.63) is 70.3 Å². The number of piperazine rings is 1. The van der Waals surface area contributed by atoms with E-state index in [1.54, 1.807) is 23.5 Å². The number of carbonyl (C=O) groups is 1. The van der Waals surface area contributed by atoms with Gasteiger partial charge in [-0.2, -0.15) is 0 Å². The van der Waals surface area contributed by atoms with Crippen LogP contribution in [0.4, 0.5) is 10.1 Å². The van der Waals surface area contributed by atoms with Gasteiger partial charge in [0.1, 0.15) is 5.82 Å². The fourth-order valence-corrected chi connectivity index (χ4v) is 3.94. The van der Waals surface area contributed by atoms with Crippen LogP contribution < -0.4 is 4.90 Å². The van der Waals surface area contributed by atoms with Gasteiger partial charge in [0.2, 0.25) is 0 Å². The minimum Gasteiger partial charge on any atom is -0.366 e. The lowest BCUT2D eigenvalue weighted by atomic mass is 10.1. The van der Waals surface area contributed by atoms with Crippen molar-refractivity contribution in [3.63, 3.8) is 0 Å². The average Bonchev–Trinajstić information content (AvgIpc) is 3.14. The number of nitrogens with zero attached hydrogens (tertiary/aromatic N) is 3. The average molecular weight is 381 g/mol. The molecule has 1 fully saturated rings. The fraction of sp³-hybridized carbons (Fsp3) is 0.238. The maximum absolute atomic E-state index is 13.9. The van der Waals surface area contributed by atoms with Gasteiger partial charge in [-0.25, -0.2) is 9.37 Å². The first-order valence-electron chi connectivity index (χ1n) is 8.93. The van der Waals surface area contributed by atoms with Crippen molar-refractivity contribution in [3.8, 4) is 11.3 Å². The highest BCUT2D eigenvalue weighted by Gasteiger charge is 2.23. The molecule has 3 aromatic rings. The van der Waals surface area contributed by atoms with Crippen LogP contribution in [0.5, 0.6) is 0 Å². The zero-order chi connectivity index (χ0) is 18.8. The lowest BCUT2D eigenvalue weighted by molar-refractivity contribution is 0.0746. The molecular weight excluding hydrogens is 361 g/mol. The van der Waals surface area contributed by atoms with Gasteiger partial charge >= 0.3 is 0 Å². The van der Waals surface area contributed by atoms with Crippen molar-refractivity contribution in [2.45, 2.75) is 6.92 Å². The molecule has 138 valence electrons. The molecule has 1 aromatic heterocycles. The molecule has 0 N–H and O–H groups in total. The van der Waals surface area contributed by atoms with Crippen LogP contribution in [0.3, 0.4) is 0 Å². The molecule has 1 aliphatic heterocycles. The van der Waals surface area contributed by atoms with Crippen LogP contribution in [-0.4, -0.2) is 42.0 Å². The van der Waals surface area contributed by atoms with E-state index in [0.717, 1.165) is 16.3 Å². The highest BCUT2D eigenvalue weighted by atomic mass is 32.1. The molecule has 0 atom stereocenters. The first-order valence-corrected chi connectivity index (χ1v) is 9.81. The lowest BCUT2D eigenvalue weighted by Gasteiger charge is -2.36. The third-order valence-corrected chi connectivity index (χ3v) is 5.58. The van der Waals surface area contributed by atoms with Gasteiger partial charge in [-0.3, -0.25) is 4.79 Å². The van der Waals surface area contributed by atoms with Gasteiger partial charge in [0.05, 0.1) is 16.4 Å². The summed E-state index contributed by atoms with van der Waals surface area (Å²) in [4.78, 5) is 21.1. The zero-order valence-electron chi connectivity index (χ0n) is 15.1. The van der Waals surface area contributed by atoms with Crippen LogP contribution in [0.2, 0.25) is 0 Å². The van der Waals surface area contributed by atoms with Crippen molar-refractivity contribution in [2.24, 2.45) is 0 Å². The maximum atomic E-state index is 13.9. The van der Waals surface area contributed by atoms with Crippen LogP contribution >= 0.6 is 11.3 Å². The number of halogens is 1. The monoisotopic (exact) mass is 381 g/mol. The number of hydrogen-bond donors (Lipinski definition) is 0. The molecule has 6 heteroatoms. The SMILES string of the molecule is Cc1nc(-c2ccc(C(=O)N3CCN(c4ccccc4F)CC3)cc2)cs1. The van der Waals surface area contributed by atoms with Gasteiger partial charge in [-0.1, -0.05) is 24.3 Å². The van der Waals surface area contributed by atoms with Crippen molar-refractivity contribution in [1.29, 1.82) is 0 Å². The number of aryl methyl sites for hydroxylation is 1. The zero-order valence-corrected chi connectivity index (χ0v) is 15.9. The summed E-state index contributed by atoms with van der Waals surface area (Å²) in [5, 5.41) is 3.05. The van der Waals surface area contributed by atoms with Gasteiger partial charge in [0.15, 0.2) is 0 Å². The number of para-hydroxylation sites is 1. The van der Waals surface area contributed by atoms with Gasteiger partial charge in [0.25, 0.3) is 5.91 Å². The summed E-state index contributed by atoms with van der Waals surface area (Å²) in [5.74, 6) is -0.200. The minimum absolute atomic E-state index is 0.0178.